The molecule has 1 aliphatic rings. The maximum atomic E-state index is 15.3. The fourth-order valence-corrected chi connectivity index (χ4v) is 5.39. The standard InChI is InChI=1S/C26H31FN6/c1-6-19-9-17(10-20(7-2)32(19)5)23-13-21-22(27)11-18(12-25(21)30-29-23)24-8-15(3)26-28-16(4)14-33(26)31-24/h8,11-14,17,19-20H,6-7,9-10H2,1-5H3/t19-,20-/m0/s1. The van der Waals surface area contributed by atoms with Crippen molar-refractivity contribution in [3.8, 4) is 11.3 Å². The van der Waals surface area contributed by atoms with Crippen LogP contribution >= 0.6 is 0 Å². The van der Waals surface area contributed by atoms with Gasteiger partial charge in [0.2, 0.25) is 0 Å². The van der Waals surface area contributed by atoms with Crippen molar-refractivity contribution in [2.75, 3.05) is 7.05 Å². The predicted octanol–water partition coefficient (Wildman–Crippen LogP) is 5.46. The number of hydrogen-bond donors (Lipinski definition) is 0. The van der Waals surface area contributed by atoms with Gasteiger partial charge in [-0.3, -0.25) is 0 Å². The Morgan fingerprint density at radius 1 is 1.00 bits per heavy atom. The Kier molecular flexibility index (Phi) is 5.60. The number of halogens is 1. The molecule has 0 saturated carbocycles. The number of hydrogen-bond acceptors (Lipinski definition) is 5. The van der Waals surface area contributed by atoms with Crippen LogP contribution in [0.2, 0.25) is 0 Å². The molecule has 0 aliphatic carbocycles. The molecule has 1 aromatic carbocycles. The normalized spacial score (nSPS) is 21.8. The SMILES string of the molecule is CC[C@H]1CC(c2cc3c(F)cc(-c4cc(C)c5nc(C)cn5n4)cc3nn2)C[C@H](CC)N1C. The lowest BCUT2D eigenvalue weighted by Crippen LogP contribution is -2.45. The summed E-state index contributed by atoms with van der Waals surface area (Å²) in [5.74, 6) is 0.0234. The van der Waals surface area contributed by atoms with E-state index in [9.17, 15) is 0 Å². The third-order valence-corrected chi connectivity index (χ3v) is 7.32. The number of aromatic nitrogens is 5. The Balaban J connectivity index is 1.52. The molecule has 4 aromatic rings. The maximum Gasteiger partial charge on any atom is 0.156 e. The maximum absolute atomic E-state index is 15.3. The molecule has 1 saturated heterocycles. The zero-order valence-electron chi connectivity index (χ0n) is 20.0. The highest BCUT2D eigenvalue weighted by Crippen LogP contribution is 2.37. The molecule has 0 bridgehead atoms. The first-order valence-corrected chi connectivity index (χ1v) is 11.9. The van der Waals surface area contributed by atoms with Crippen LogP contribution in [-0.4, -0.2) is 48.8 Å². The Bertz CT molecular complexity index is 1320. The quantitative estimate of drug-likeness (QED) is 0.416. The van der Waals surface area contributed by atoms with Gasteiger partial charge in [-0.1, -0.05) is 13.8 Å². The van der Waals surface area contributed by atoms with E-state index < -0.39 is 0 Å². The van der Waals surface area contributed by atoms with Crippen LogP contribution in [0.25, 0.3) is 27.8 Å². The van der Waals surface area contributed by atoms with Crippen LogP contribution in [0.4, 0.5) is 4.39 Å². The molecule has 0 N–H and O–H groups in total. The van der Waals surface area contributed by atoms with E-state index in [1.807, 2.05) is 38.2 Å². The Morgan fingerprint density at radius 2 is 1.73 bits per heavy atom. The van der Waals surface area contributed by atoms with Crippen LogP contribution < -0.4 is 0 Å². The first kappa shape index (κ1) is 21.9. The number of fused-ring (bicyclic) bond motifs is 2. The summed E-state index contributed by atoms with van der Waals surface area (Å²) >= 11 is 0. The first-order valence-electron chi connectivity index (χ1n) is 11.9. The van der Waals surface area contributed by atoms with Crippen LogP contribution in [0.1, 0.15) is 62.4 Å². The van der Waals surface area contributed by atoms with Gasteiger partial charge in [0, 0.05) is 29.0 Å². The second kappa shape index (κ2) is 8.45. The van der Waals surface area contributed by atoms with Crippen LogP contribution in [0.5, 0.6) is 0 Å². The van der Waals surface area contributed by atoms with E-state index in [0.717, 1.165) is 48.3 Å². The lowest BCUT2D eigenvalue weighted by molar-refractivity contribution is 0.0937. The summed E-state index contributed by atoms with van der Waals surface area (Å²) in [6.45, 7) is 8.40. The summed E-state index contributed by atoms with van der Waals surface area (Å²) in [6, 6.07) is 8.34. The zero-order chi connectivity index (χ0) is 23.3. The Morgan fingerprint density at radius 3 is 2.42 bits per heavy atom. The Labute approximate surface area is 193 Å². The number of imidazole rings is 1. The molecule has 5 rings (SSSR count). The summed E-state index contributed by atoms with van der Waals surface area (Å²) in [4.78, 5) is 7.00. The third-order valence-electron chi connectivity index (χ3n) is 7.32. The lowest BCUT2D eigenvalue weighted by atomic mass is 9.82. The second-order valence-corrected chi connectivity index (χ2v) is 9.48. The highest BCUT2D eigenvalue weighted by molar-refractivity contribution is 5.84. The molecule has 0 spiro atoms. The van der Waals surface area contributed by atoms with Crippen LogP contribution in [0.15, 0.2) is 30.5 Å². The molecule has 0 unspecified atom stereocenters. The summed E-state index contributed by atoms with van der Waals surface area (Å²) in [5.41, 5.74) is 5.55. The highest BCUT2D eigenvalue weighted by atomic mass is 19.1. The number of nitrogens with zero attached hydrogens (tertiary/aromatic N) is 6. The monoisotopic (exact) mass is 446 g/mol. The molecule has 3 aromatic heterocycles. The first-order chi connectivity index (χ1) is 15.9. The fourth-order valence-electron chi connectivity index (χ4n) is 5.39. The van der Waals surface area contributed by atoms with Crippen molar-refractivity contribution in [1.82, 2.24) is 29.7 Å². The van der Waals surface area contributed by atoms with Gasteiger partial charge in [0.25, 0.3) is 0 Å². The van der Waals surface area contributed by atoms with E-state index in [0.29, 0.717) is 40.2 Å². The predicted molar refractivity (Wildman–Crippen MR) is 129 cm³/mol. The molecule has 1 fully saturated rings. The van der Waals surface area contributed by atoms with Crippen LogP contribution in [-0.2, 0) is 0 Å². The van der Waals surface area contributed by atoms with E-state index in [4.69, 9.17) is 0 Å². The summed E-state index contributed by atoms with van der Waals surface area (Å²) in [7, 11) is 2.23. The fraction of sp³-hybridized carbons (Fsp3) is 0.462. The number of likely N-dealkylation sites (tertiary alicyclic amines) is 1. The van der Waals surface area contributed by atoms with Gasteiger partial charge in [0.05, 0.1) is 28.8 Å². The molecule has 2 atom stereocenters. The van der Waals surface area contributed by atoms with Crippen molar-refractivity contribution in [2.24, 2.45) is 0 Å². The van der Waals surface area contributed by atoms with Gasteiger partial charge in [-0.25, -0.2) is 13.9 Å². The largest absolute Gasteiger partial charge is 0.300 e. The number of piperidine rings is 1. The van der Waals surface area contributed by atoms with Gasteiger partial charge in [-0.05, 0) is 76.4 Å². The average molecular weight is 447 g/mol. The van der Waals surface area contributed by atoms with Crippen molar-refractivity contribution in [3.05, 3.63) is 53.2 Å². The van der Waals surface area contributed by atoms with E-state index in [1.165, 1.54) is 0 Å². The van der Waals surface area contributed by atoms with Gasteiger partial charge in [0.15, 0.2) is 5.65 Å². The molecule has 0 amide bonds. The number of rotatable bonds is 4. The molecule has 33 heavy (non-hydrogen) atoms. The summed E-state index contributed by atoms with van der Waals surface area (Å²) in [5, 5.41) is 14.2. The van der Waals surface area contributed by atoms with Crippen molar-refractivity contribution < 1.29 is 4.39 Å². The Hall–Kier alpha value is -2.93. The van der Waals surface area contributed by atoms with Crippen LogP contribution in [0.3, 0.4) is 0 Å². The van der Waals surface area contributed by atoms with Gasteiger partial charge < -0.3 is 4.90 Å². The molecule has 1 aliphatic heterocycles. The van der Waals surface area contributed by atoms with E-state index in [-0.39, 0.29) is 5.82 Å². The minimum absolute atomic E-state index is 0.285. The van der Waals surface area contributed by atoms with Gasteiger partial charge in [-0.15, -0.1) is 0 Å². The van der Waals surface area contributed by atoms with Crippen molar-refractivity contribution >= 4 is 16.6 Å². The smallest absolute Gasteiger partial charge is 0.156 e. The minimum atomic E-state index is -0.285. The molecule has 4 heterocycles. The van der Waals surface area contributed by atoms with Gasteiger partial charge >= 0.3 is 0 Å². The molecular formula is C26H31FN6. The minimum Gasteiger partial charge on any atom is -0.300 e. The third kappa shape index (κ3) is 3.88. The highest BCUT2D eigenvalue weighted by Gasteiger charge is 2.33. The number of aryl methyl sites for hydroxylation is 2. The van der Waals surface area contributed by atoms with Crippen molar-refractivity contribution in [2.45, 2.75) is 71.4 Å². The molecule has 7 heteroatoms. The summed E-state index contributed by atoms with van der Waals surface area (Å²) in [6.07, 6.45) is 6.17. The summed E-state index contributed by atoms with van der Waals surface area (Å²) < 4.78 is 17.1. The number of benzene rings is 1. The van der Waals surface area contributed by atoms with Crippen LogP contribution in [0, 0.1) is 19.7 Å². The van der Waals surface area contributed by atoms with Gasteiger partial charge in [0.1, 0.15) is 5.82 Å². The van der Waals surface area contributed by atoms with E-state index in [2.05, 4.69) is 46.1 Å². The topological polar surface area (TPSA) is 59.2 Å². The molecule has 172 valence electrons. The van der Waals surface area contributed by atoms with Crippen molar-refractivity contribution in [3.63, 3.8) is 0 Å². The molecule has 0 radical (unpaired) electrons. The molecular weight excluding hydrogens is 415 g/mol. The van der Waals surface area contributed by atoms with Gasteiger partial charge in [-0.2, -0.15) is 15.3 Å². The van der Waals surface area contributed by atoms with E-state index >= 15 is 4.39 Å². The average Bonchev–Trinajstić information content (AvgIpc) is 3.20. The molecule has 6 nitrogen and oxygen atoms in total. The van der Waals surface area contributed by atoms with Crippen molar-refractivity contribution in [1.29, 1.82) is 0 Å². The second-order valence-electron chi connectivity index (χ2n) is 9.48. The zero-order valence-corrected chi connectivity index (χ0v) is 20.0. The van der Waals surface area contributed by atoms with E-state index in [1.54, 1.807) is 10.6 Å². The lowest BCUT2D eigenvalue weighted by Gasteiger charge is -2.42.